The van der Waals surface area contributed by atoms with Crippen LogP contribution in [-0.2, 0) is 9.59 Å². The zero-order valence-corrected chi connectivity index (χ0v) is 10.0. The Morgan fingerprint density at radius 3 is 1.89 bits per heavy atom. The molecular formula is C12H15NO6. The first-order valence-corrected chi connectivity index (χ1v) is 5.33. The number of carbonyl (C=O) groups is 3. The van der Waals surface area contributed by atoms with Crippen molar-refractivity contribution >= 4 is 17.9 Å². The van der Waals surface area contributed by atoms with Gasteiger partial charge in [0.2, 0.25) is 0 Å². The van der Waals surface area contributed by atoms with Crippen molar-refractivity contribution in [2.45, 2.75) is 18.9 Å². The molecule has 0 heterocycles. The van der Waals surface area contributed by atoms with Gasteiger partial charge < -0.3 is 21.1 Å². The number of benzene rings is 1. The van der Waals surface area contributed by atoms with Crippen molar-refractivity contribution < 1.29 is 29.7 Å². The van der Waals surface area contributed by atoms with Crippen LogP contribution in [0.25, 0.3) is 0 Å². The summed E-state index contributed by atoms with van der Waals surface area (Å²) < 4.78 is 0. The molecule has 19 heavy (non-hydrogen) atoms. The number of rotatable bonds is 5. The maximum atomic E-state index is 10.2. The van der Waals surface area contributed by atoms with Crippen molar-refractivity contribution in [2.24, 2.45) is 5.73 Å². The van der Waals surface area contributed by atoms with Crippen LogP contribution in [0.3, 0.4) is 0 Å². The summed E-state index contributed by atoms with van der Waals surface area (Å²) in [5.41, 5.74) is 5.33. The fourth-order valence-corrected chi connectivity index (χ4v) is 0.983. The molecule has 1 aromatic rings. The second kappa shape index (κ2) is 8.65. The Labute approximate surface area is 109 Å². The third-order valence-electron chi connectivity index (χ3n) is 2.01. The van der Waals surface area contributed by atoms with E-state index in [1.807, 2.05) is 0 Å². The van der Waals surface area contributed by atoms with Crippen LogP contribution < -0.4 is 5.73 Å². The zero-order chi connectivity index (χ0) is 14.8. The third kappa shape index (κ3) is 8.33. The Bertz CT molecular complexity index is 431. The lowest BCUT2D eigenvalue weighted by Gasteiger charge is -2.01. The summed E-state index contributed by atoms with van der Waals surface area (Å²) in [6.07, 6.45) is -0.224. The van der Waals surface area contributed by atoms with Crippen molar-refractivity contribution in [1.29, 1.82) is 0 Å². The highest BCUT2D eigenvalue weighted by molar-refractivity contribution is 5.87. The van der Waals surface area contributed by atoms with E-state index >= 15 is 0 Å². The topological polar surface area (TPSA) is 138 Å². The minimum absolute atomic E-state index is 0.0231. The Morgan fingerprint density at radius 1 is 1.05 bits per heavy atom. The molecule has 0 fully saturated rings. The summed E-state index contributed by atoms with van der Waals surface area (Å²) in [5.74, 6) is -3.08. The molecule has 104 valence electrons. The average Bonchev–Trinajstić information content (AvgIpc) is 2.37. The van der Waals surface area contributed by atoms with E-state index < -0.39 is 23.9 Å². The van der Waals surface area contributed by atoms with Crippen LogP contribution in [0.4, 0.5) is 0 Å². The first kappa shape index (κ1) is 16.6. The van der Waals surface area contributed by atoms with Gasteiger partial charge in [-0.25, -0.2) is 4.79 Å². The molecule has 1 aromatic carbocycles. The average molecular weight is 269 g/mol. The van der Waals surface area contributed by atoms with E-state index in [-0.39, 0.29) is 12.8 Å². The molecule has 5 N–H and O–H groups in total. The lowest BCUT2D eigenvalue weighted by molar-refractivity contribution is -0.139. The van der Waals surface area contributed by atoms with Crippen molar-refractivity contribution in [3.8, 4) is 0 Å². The van der Waals surface area contributed by atoms with E-state index in [0.717, 1.165) is 0 Å². The fraction of sp³-hybridized carbons (Fsp3) is 0.250. The molecule has 7 heteroatoms. The van der Waals surface area contributed by atoms with Gasteiger partial charge in [-0.15, -0.1) is 0 Å². The van der Waals surface area contributed by atoms with E-state index in [9.17, 15) is 14.4 Å². The second-order valence-corrected chi connectivity index (χ2v) is 3.55. The molecule has 0 spiro atoms. The largest absolute Gasteiger partial charge is 0.481 e. The predicted octanol–water partition coefficient (Wildman–Crippen LogP) is 0.648. The first-order valence-electron chi connectivity index (χ1n) is 5.33. The zero-order valence-electron chi connectivity index (χ0n) is 10.0. The van der Waals surface area contributed by atoms with E-state index in [1.54, 1.807) is 30.3 Å². The van der Waals surface area contributed by atoms with Crippen molar-refractivity contribution in [3.63, 3.8) is 0 Å². The summed E-state index contributed by atoms with van der Waals surface area (Å²) in [6, 6.07) is 7.24. The van der Waals surface area contributed by atoms with Gasteiger partial charge in [-0.05, 0) is 18.6 Å². The Hall–Kier alpha value is -2.41. The van der Waals surface area contributed by atoms with Gasteiger partial charge in [0.25, 0.3) is 0 Å². The number of carboxylic acid groups (broad SMARTS) is 3. The third-order valence-corrected chi connectivity index (χ3v) is 2.01. The maximum Gasteiger partial charge on any atom is 0.335 e. The number of nitrogens with two attached hydrogens (primary N) is 1. The van der Waals surface area contributed by atoms with Gasteiger partial charge in [0.1, 0.15) is 6.04 Å². The van der Waals surface area contributed by atoms with Crippen LogP contribution in [-0.4, -0.2) is 39.3 Å². The highest BCUT2D eigenvalue weighted by atomic mass is 16.4. The van der Waals surface area contributed by atoms with Crippen LogP contribution in [0.1, 0.15) is 23.2 Å². The van der Waals surface area contributed by atoms with E-state index in [0.29, 0.717) is 5.56 Å². The van der Waals surface area contributed by atoms with E-state index in [4.69, 9.17) is 21.1 Å². The molecule has 0 aliphatic rings. The monoisotopic (exact) mass is 269 g/mol. The molecule has 0 aliphatic carbocycles. The fourth-order valence-electron chi connectivity index (χ4n) is 0.983. The Balaban J connectivity index is 0.000000342. The normalized spacial score (nSPS) is 10.8. The van der Waals surface area contributed by atoms with Crippen LogP contribution in [0.2, 0.25) is 0 Å². The lowest BCUT2D eigenvalue weighted by atomic mass is 10.2. The summed E-state index contributed by atoms with van der Waals surface area (Å²) in [5, 5.41) is 24.7. The van der Waals surface area contributed by atoms with Gasteiger partial charge in [-0.2, -0.15) is 0 Å². The molecule has 0 radical (unpaired) electrons. The van der Waals surface area contributed by atoms with Crippen molar-refractivity contribution in [1.82, 2.24) is 0 Å². The minimum atomic E-state index is -1.17. The van der Waals surface area contributed by atoms with Crippen LogP contribution in [0.5, 0.6) is 0 Å². The quantitative estimate of drug-likeness (QED) is 0.615. The number of carboxylic acids is 3. The second-order valence-electron chi connectivity index (χ2n) is 3.55. The van der Waals surface area contributed by atoms with Crippen LogP contribution in [0.15, 0.2) is 30.3 Å². The number of aliphatic carboxylic acids is 2. The number of hydrogen-bond acceptors (Lipinski definition) is 4. The van der Waals surface area contributed by atoms with E-state index in [2.05, 4.69) is 0 Å². The molecule has 7 nitrogen and oxygen atoms in total. The summed E-state index contributed by atoms with van der Waals surface area (Å²) in [4.78, 5) is 30.1. The highest BCUT2D eigenvalue weighted by Gasteiger charge is 2.12. The molecule has 0 aliphatic heterocycles. The molecule has 0 unspecified atom stereocenters. The molecular weight excluding hydrogens is 254 g/mol. The summed E-state index contributed by atoms with van der Waals surface area (Å²) in [6.45, 7) is 0. The van der Waals surface area contributed by atoms with Crippen LogP contribution >= 0.6 is 0 Å². The van der Waals surface area contributed by atoms with Crippen LogP contribution in [0, 0.1) is 0 Å². The van der Waals surface area contributed by atoms with E-state index in [1.165, 1.54) is 0 Å². The number of hydrogen-bond donors (Lipinski definition) is 4. The maximum absolute atomic E-state index is 10.2. The van der Waals surface area contributed by atoms with Gasteiger partial charge in [0.05, 0.1) is 5.56 Å². The van der Waals surface area contributed by atoms with Gasteiger partial charge in [0, 0.05) is 6.42 Å². The summed E-state index contributed by atoms with van der Waals surface area (Å²) in [7, 11) is 0. The lowest BCUT2D eigenvalue weighted by Crippen LogP contribution is -2.30. The standard InChI is InChI=1S/C7H6O2.C5H9NO4/c8-7(9)6-4-2-1-3-5-6;6-3(5(9)10)1-2-4(7)8/h1-5H,(H,8,9);3H,1-2,6H2,(H,7,8)(H,9,10)/t;3-/m.0/s1. The highest BCUT2D eigenvalue weighted by Crippen LogP contribution is 1.96. The summed E-state index contributed by atoms with van der Waals surface area (Å²) >= 11 is 0. The Morgan fingerprint density at radius 2 is 1.58 bits per heavy atom. The van der Waals surface area contributed by atoms with Crippen molar-refractivity contribution in [3.05, 3.63) is 35.9 Å². The molecule has 1 rings (SSSR count). The molecule has 0 amide bonds. The van der Waals surface area contributed by atoms with Gasteiger partial charge >= 0.3 is 17.9 Å². The first-order chi connectivity index (χ1) is 8.84. The minimum Gasteiger partial charge on any atom is -0.481 e. The molecule has 0 aromatic heterocycles. The molecule has 0 bridgehead atoms. The van der Waals surface area contributed by atoms with Gasteiger partial charge in [-0.1, -0.05) is 18.2 Å². The van der Waals surface area contributed by atoms with Gasteiger partial charge in [-0.3, -0.25) is 9.59 Å². The smallest absolute Gasteiger partial charge is 0.335 e. The van der Waals surface area contributed by atoms with Gasteiger partial charge in [0.15, 0.2) is 0 Å². The SMILES string of the molecule is N[C@@H](CCC(=O)O)C(=O)O.O=C(O)c1ccccc1. The predicted molar refractivity (Wildman–Crippen MR) is 65.9 cm³/mol. The molecule has 0 saturated carbocycles. The Kier molecular flexibility index (Phi) is 7.55. The number of aromatic carboxylic acids is 1. The molecule has 1 atom stereocenters. The molecule has 0 saturated heterocycles. The van der Waals surface area contributed by atoms with Crippen molar-refractivity contribution in [2.75, 3.05) is 0 Å².